The maximum Gasteiger partial charge on any atom is 0.407 e. The molecule has 136 valence electrons. The molecule has 0 bridgehead atoms. The van der Waals surface area contributed by atoms with Crippen molar-refractivity contribution in [1.82, 2.24) is 9.80 Å². The topological polar surface area (TPSA) is 116 Å². The standard InChI is InChI=1S/C17H24N4O4/c1-11-3-5-13(6-4-11)19-15(22)9-14-10-20(16(23)12(2)18)7-8-21(14)17(24)25/h3-6,12,14H,7-10,18H2,1-2H3,(H,19,22)(H,24,25)/t12-,14?/m1/s1. The van der Waals surface area contributed by atoms with Gasteiger partial charge in [0.25, 0.3) is 0 Å². The van der Waals surface area contributed by atoms with E-state index in [9.17, 15) is 19.5 Å². The molecule has 1 aliphatic heterocycles. The van der Waals surface area contributed by atoms with Crippen molar-refractivity contribution in [3.8, 4) is 0 Å². The Morgan fingerprint density at radius 3 is 2.48 bits per heavy atom. The van der Waals surface area contributed by atoms with Crippen molar-refractivity contribution < 1.29 is 19.5 Å². The van der Waals surface area contributed by atoms with Gasteiger partial charge in [-0.25, -0.2) is 4.79 Å². The van der Waals surface area contributed by atoms with Crippen LogP contribution in [0, 0.1) is 6.92 Å². The van der Waals surface area contributed by atoms with E-state index in [4.69, 9.17) is 5.73 Å². The van der Waals surface area contributed by atoms with Gasteiger partial charge in [0.05, 0.1) is 12.1 Å². The van der Waals surface area contributed by atoms with Gasteiger partial charge in [0.15, 0.2) is 0 Å². The highest BCUT2D eigenvalue weighted by atomic mass is 16.4. The summed E-state index contributed by atoms with van der Waals surface area (Å²) in [6.07, 6.45) is -1.12. The smallest absolute Gasteiger partial charge is 0.407 e. The average Bonchev–Trinajstić information content (AvgIpc) is 2.55. The zero-order valence-corrected chi connectivity index (χ0v) is 14.4. The van der Waals surface area contributed by atoms with Gasteiger partial charge in [0.1, 0.15) is 0 Å². The summed E-state index contributed by atoms with van der Waals surface area (Å²) in [4.78, 5) is 38.5. The zero-order valence-electron chi connectivity index (χ0n) is 14.4. The lowest BCUT2D eigenvalue weighted by Crippen LogP contribution is -2.59. The number of hydrogen-bond donors (Lipinski definition) is 3. The number of carboxylic acid groups (broad SMARTS) is 1. The van der Waals surface area contributed by atoms with Crippen LogP contribution in [0.1, 0.15) is 18.9 Å². The van der Waals surface area contributed by atoms with Gasteiger partial charge in [-0.1, -0.05) is 17.7 Å². The van der Waals surface area contributed by atoms with E-state index in [1.807, 2.05) is 19.1 Å². The van der Waals surface area contributed by atoms with Crippen molar-refractivity contribution in [3.63, 3.8) is 0 Å². The monoisotopic (exact) mass is 348 g/mol. The van der Waals surface area contributed by atoms with Gasteiger partial charge < -0.3 is 26.0 Å². The molecule has 0 aromatic heterocycles. The van der Waals surface area contributed by atoms with Crippen LogP contribution in [0.25, 0.3) is 0 Å². The van der Waals surface area contributed by atoms with Crippen molar-refractivity contribution in [3.05, 3.63) is 29.8 Å². The number of benzene rings is 1. The Bertz CT molecular complexity index is 645. The molecule has 1 aromatic carbocycles. The Balaban J connectivity index is 2.03. The second-order valence-electron chi connectivity index (χ2n) is 6.32. The fraction of sp³-hybridized carbons (Fsp3) is 0.471. The molecule has 0 saturated carbocycles. The molecule has 3 amide bonds. The van der Waals surface area contributed by atoms with Crippen LogP contribution in [0.3, 0.4) is 0 Å². The first-order chi connectivity index (χ1) is 11.8. The molecule has 1 unspecified atom stereocenters. The molecule has 2 rings (SSSR count). The summed E-state index contributed by atoms with van der Waals surface area (Å²) in [5, 5.41) is 12.1. The third kappa shape index (κ3) is 4.93. The fourth-order valence-electron chi connectivity index (χ4n) is 2.83. The molecule has 25 heavy (non-hydrogen) atoms. The van der Waals surface area contributed by atoms with Crippen molar-refractivity contribution in [2.24, 2.45) is 5.73 Å². The highest BCUT2D eigenvalue weighted by Crippen LogP contribution is 2.16. The van der Waals surface area contributed by atoms with Crippen molar-refractivity contribution in [2.45, 2.75) is 32.4 Å². The lowest BCUT2D eigenvalue weighted by molar-refractivity contribution is -0.135. The number of carbonyl (C=O) groups excluding carboxylic acids is 2. The Kier molecular flexibility index (Phi) is 5.97. The van der Waals surface area contributed by atoms with Gasteiger partial charge in [0.2, 0.25) is 11.8 Å². The zero-order chi connectivity index (χ0) is 18.6. The number of aryl methyl sites for hydroxylation is 1. The molecular weight excluding hydrogens is 324 g/mol. The largest absolute Gasteiger partial charge is 0.465 e. The van der Waals surface area contributed by atoms with Crippen LogP contribution in [-0.4, -0.2) is 64.5 Å². The third-order valence-corrected chi connectivity index (χ3v) is 4.19. The molecule has 1 fully saturated rings. The quantitative estimate of drug-likeness (QED) is 0.746. The van der Waals surface area contributed by atoms with E-state index < -0.39 is 18.2 Å². The molecule has 0 radical (unpaired) electrons. The number of amides is 3. The molecule has 8 nitrogen and oxygen atoms in total. The number of piperazine rings is 1. The van der Waals surface area contributed by atoms with E-state index in [1.54, 1.807) is 19.1 Å². The molecule has 4 N–H and O–H groups in total. The number of anilines is 1. The summed E-state index contributed by atoms with van der Waals surface area (Å²) < 4.78 is 0. The SMILES string of the molecule is Cc1ccc(NC(=O)CC2CN(C(=O)[C@@H](C)N)CCN2C(=O)O)cc1. The van der Waals surface area contributed by atoms with Crippen molar-refractivity contribution >= 4 is 23.6 Å². The first-order valence-electron chi connectivity index (χ1n) is 8.18. The van der Waals surface area contributed by atoms with Crippen LogP contribution in [0.4, 0.5) is 10.5 Å². The van der Waals surface area contributed by atoms with E-state index in [2.05, 4.69) is 5.32 Å². The summed E-state index contributed by atoms with van der Waals surface area (Å²) in [6.45, 7) is 4.14. The van der Waals surface area contributed by atoms with Crippen LogP contribution in [0.5, 0.6) is 0 Å². The lowest BCUT2D eigenvalue weighted by atomic mass is 10.1. The number of nitrogens with zero attached hydrogens (tertiary/aromatic N) is 2. The molecule has 1 saturated heterocycles. The second-order valence-corrected chi connectivity index (χ2v) is 6.32. The van der Waals surface area contributed by atoms with E-state index in [-0.39, 0.29) is 37.9 Å². The summed E-state index contributed by atoms with van der Waals surface area (Å²) in [5.41, 5.74) is 7.35. The molecule has 1 heterocycles. The third-order valence-electron chi connectivity index (χ3n) is 4.19. The maximum absolute atomic E-state index is 12.3. The summed E-state index contributed by atoms with van der Waals surface area (Å²) in [6, 6.07) is 6.08. The van der Waals surface area contributed by atoms with Gasteiger partial charge >= 0.3 is 6.09 Å². The van der Waals surface area contributed by atoms with Gasteiger partial charge in [-0.2, -0.15) is 0 Å². The second kappa shape index (κ2) is 7.98. The fourth-order valence-corrected chi connectivity index (χ4v) is 2.83. The summed E-state index contributed by atoms with van der Waals surface area (Å²) in [5.74, 6) is -0.538. The maximum atomic E-state index is 12.3. The molecule has 2 atom stereocenters. The van der Waals surface area contributed by atoms with E-state index >= 15 is 0 Å². The summed E-state index contributed by atoms with van der Waals surface area (Å²) in [7, 11) is 0. The van der Waals surface area contributed by atoms with Crippen LogP contribution >= 0.6 is 0 Å². The first kappa shape index (κ1) is 18.7. The Morgan fingerprint density at radius 1 is 1.28 bits per heavy atom. The normalized spacial score (nSPS) is 18.6. The van der Waals surface area contributed by atoms with Crippen molar-refractivity contribution in [2.75, 3.05) is 25.0 Å². The van der Waals surface area contributed by atoms with Crippen LogP contribution in [0.2, 0.25) is 0 Å². The van der Waals surface area contributed by atoms with Crippen molar-refractivity contribution in [1.29, 1.82) is 0 Å². The Morgan fingerprint density at radius 2 is 1.92 bits per heavy atom. The number of hydrogen-bond acceptors (Lipinski definition) is 4. The number of nitrogens with one attached hydrogen (secondary N) is 1. The minimum Gasteiger partial charge on any atom is -0.465 e. The van der Waals surface area contributed by atoms with Gasteiger partial charge in [-0.3, -0.25) is 9.59 Å². The van der Waals surface area contributed by atoms with Crippen LogP contribution in [0.15, 0.2) is 24.3 Å². The predicted octanol–water partition coefficient (Wildman–Crippen LogP) is 0.862. The molecule has 8 heteroatoms. The molecule has 0 aliphatic carbocycles. The average molecular weight is 348 g/mol. The molecule has 1 aliphatic rings. The molecule has 1 aromatic rings. The predicted molar refractivity (Wildman–Crippen MR) is 93.2 cm³/mol. The Labute approximate surface area is 146 Å². The highest BCUT2D eigenvalue weighted by molar-refractivity contribution is 5.91. The highest BCUT2D eigenvalue weighted by Gasteiger charge is 2.34. The van der Waals surface area contributed by atoms with E-state index in [0.29, 0.717) is 5.69 Å². The minimum atomic E-state index is -1.10. The number of carbonyl (C=O) groups is 3. The molecule has 0 spiro atoms. The van der Waals surface area contributed by atoms with Crippen LogP contribution < -0.4 is 11.1 Å². The molecular formula is C17H24N4O4. The number of nitrogens with two attached hydrogens (primary N) is 1. The summed E-state index contributed by atoms with van der Waals surface area (Å²) >= 11 is 0. The van der Waals surface area contributed by atoms with Gasteiger partial charge in [-0.15, -0.1) is 0 Å². The van der Waals surface area contributed by atoms with Gasteiger partial charge in [-0.05, 0) is 26.0 Å². The van der Waals surface area contributed by atoms with Gasteiger partial charge in [0, 0.05) is 31.7 Å². The Hall–Kier alpha value is -2.61. The number of rotatable bonds is 4. The van der Waals surface area contributed by atoms with Crippen LogP contribution in [-0.2, 0) is 9.59 Å². The van der Waals surface area contributed by atoms with E-state index in [0.717, 1.165) is 5.56 Å². The lowest BCUT2D eigenvalue weighted by Gasteiger charge is -2.40. The minimum absolute atomic E-state index is 0.0249. The first-order valence-corrected chi connectivity index (χ1v) is 8.18. The van der Waals surface area contributed by atoms with E-state index in [1.165, 1.54) is 9.80 Å².